The molecule has 3 rings (SSSR count). The van der Waals surface area contributed by atoms with E-state index >= 15 is 0 Å². The third kappa shape index (κ3) is 3.36. The van der Waals surface area contributed by atoms with Crippen LogP contribution in [0.3, 0.4) is 0 Å². The highest BCUT2D eigenvalue weighted by Crippen LogP contribution is 2.39. The quantitative estimate of drug-likeness (QED) is 0.584. The molecule has 0 aliphatic carbocycles. The van der Waals surface area contributed by atoms with Crippen molar-refractivity contribution in [1.82, 2.24) is 4.98 Å². The van der Waals surface area contributed by atoms with E-state index in [-0.39, 0.29) is 5.91 Å². The predicted octanol–water partition coefficient (Wildman–Crippen LogP) is 3.08. The molecule has 0 fully saturated rings. The number of hydrogen-bond acceptors (Lipinski definition) is 5. The number of amides is 1. The summed E-state index contributed by atoms with van der Waals surface area (Å²) in [6.45, 7) is 1.44. The molecule has 0 saturated carbocycles. The molecular formula is C17H15N3O3S. The zero-order valence-electron chi connectivity index (χ0n) is 13.1. The van der Waals surface area contributed by atoms with Gasteiger partial charge >= 0.3 is 0 Å². The average molecular weight is 341 g/mol. The molecule has 0 aliphatic rings. The molecule has 0 bridgehead atoms. The van der Waals surface area contributed by atoms with Crippen molar-refractivity contribution < 1.29 is 14.3 Å². The summed E-state index contributed by atoms with van der Waals surface area (Å²) in [5, 5.41) is 14.5. The molecule has 6 nitrogen and oxygen atoms in total. The van der Waals surface area contributed by atoms with Crippen LogP contribution in [0.25, 0.3) is 21.7 Å². The molecule has 0 atom stereocenters. The zero-order valence-corrected chi connectivity index (χ0v) is 14.0. The van der Waals surface area contributed by atoms with Gasteiger partial charge in [-0.15, -0.1) is 0 Å². The molecule has 122 valence electrons. The van der Waals surface area contributed by atoms with E-state index in [1.54, 1.807) is 19.2 Å². The first-order valence-electron chi connectivity index (χ1n) is 7.19. The predicted molar refractivity (Wildman–Crippen MR) is 92.8 cm³/mol. The van der Waals surface area contributed by atoms with E-state index < -0.39 is 0 Å². The van der Waals surface area contributed by atoms with E-state index in [0.717, 1.165) is 32.2 Å². The van der Waals surface area contributed by atoms with Gasteiger partial charge < -0.3 is 15.3 Å². The lowest BCUT2D eigenvalue weighted by Crippen LogP contribution is -2.23. The lowest BCUT2D eigenvalue weighted by Gasteiger charge is -2.04. The fourth-order valence-corrected chi connectivity index (χ4v) is 3.27. The molecule has 1 N–H and O–H groups in total. The molecule has 0 aliphatic heterocycles. The number of ether oxygens (including phenoxy) is 1. The van der Waals surface area contributed by atoms with E-state index in [0.29, 0.717) is 5.13 Å². The van der Waals surface area contributed by atoms with Crippen LogP contribution in [-0.2, 0) is 4.79 Å². The Bertz CT molecular complexity index is 858. The Morgan fingerprint density at radius 1 is 1.17 bits per heavy atom. The monoisotopic (exact) mass is 341 g/mol. The van der Waals surface area contributed by atoms with Crippen molar-refractivity contribution in [1.29, 1.82) is 0 Å². The second-order valence-corrected chi connectivity index (χ2v) is 6.05. The van der Waals surface area contributed by atoms with Crippen molar-refractivity contribution in [3.8, 4) is 27.4 Å². The van der Waals surface area contributed by atoms with Gasteiger partial charge in [0.2, 0.25) is 5.91 Å². The first-order valence-corrected chi connectivity index (χ1v) is 8.00. The number of hydrogen-bond donors (Lipinski definition) is 1. The lowest BCUT2D eigenvalue weighted by atomic mass is 10.1. The SMILES string of the molecule is COc1ccc(-c2nc(NC(C)=O)sc2-c2cc[n+]([O-])cc2)cc1. The fraction of sp³-hybridized carbons (Fsp3) is 0.118. The van der Waals surface area contributed by atoms with E-state index in [2.05, 4.69) is 10.3 Å². The van der Waals surface area contributed by atoms with Crippen LogP contribution in [0.1, 0.15) is 6.92 Å². The summed E-state index contributed by atoms with van der Waals surface area (Å²) >= 11 is 1.37. The van der Waals surface area contributed by atoms with Crippen molar-refractivity contribution >= 4 is 22.4 Å². The van der Waals surface area contributed by atoms with Crippen LogP contribution in [0.15, 0.2) is 48.8 Å². The molecule has 0 saturated heterocycles. The zero-order chi connectivity index (χ0) is 17.1. The first kappa shape index (κ1) is 15.9. The number of thiazole rings is 1. The van der Waals surface area contributed by atoms with Gasteiger partial charge in [0.15, 0.2) is 17.5 Å². The van der Waals surface area contributed by atoms with Crippen molar-refractivity contribution in [2.75, 3.05) is 12.4 Å². The minimum absolute atomic E-state index is 0.179. The summed E-state index contributed by atoms with van der Waals surface area (Å²) in [6.07, 6.45) is 2.87. The third-order valence-corrected chi connectivity index (χ3v) is 4.36. The number of rotatable bonds is 4. The van der Waals surface area contributed by atoms with Crippen LogP contribution in [0.4, 0.5) is 5.13 Å². The van der Waals surface area contributed by atoms with Crippen LogP contribution >= 0.6 is 11.3 Å². The molecule has 1 amide bonds. The van der Waals surface area contributed by atoms with E-state index in [4.69, 9.17) is 4.74 Å². The van der Waals surface area contributed by atoms with Crippen LogP contribution in [-0.4, -0.2) is 18.0 Å². The Morgan fingerprint density at radius 3 is 2.42 bits per heavy atom. The van der Waals surface area contributed by atoms with Gasteiger partial charge in [-0.1, -0.05) is 11.3 Å². The number of nitrogens with zero attached hydrogens (tertiary/aromatic N) is 2. The van der Waals surface area contributed by atoms with Crippen molar-refractivity contribution in [2.45, 2.75) is 6.92 Å². The summed E-state index contributed by atoms with van der Waals surface area (Å²) in [4.78, 5) is 16.7. The minimum atomic E-state index is -0.179. The largest absolute Gasteiger partial charge is 0.619 e. The highest BCUT2D eigenvalue weighted by molar-refractivity contribution is 7.19. The Balaban J connectivity index is 2.09. The van der Waals surface area contributed by atoms with Crippen LogP contribution in [0, 0.1) is 5.21 Å². The van der Waals surface area contributed by atoms with Gasteiger partial charge in [0.25, 0.3) is 0 Å². The Kier molecular flexibility index (Phi) is 4.43. The number of aromatic nitrogens is 2. The average Bonchev–Trinajstić information content (AvgIpc) is 2.98. The molecule has 0 unspecified atom stereocenters. The normalized spacial score (nSPS) is 10.4. The van der Waals surface area contributed by atoms with Crippen molar-refractivity contribution in [2.24, 2.45) is 0 Å². The molecule has 2 aromatic heterocycles. The number of carbonyl (C=O) groups excluding carboxylic acids is 1. The number of pyridine rings is 1. The smallest absolute Gasteiger partial charge is 0.223 e. The standard InChI is InChI=1S/C17H15N3O3S/c1-11(21)18-17-19-15(12-3-5-14(23-2)6-4-12)16(24-17)13-7-9-20(22)10-8-13/h3-10H,1-2H3,(H,18,19,21). The first-order chi connectivity index (χ1) is 11.6. The Morgan fingerprint density at radius 2 is 1.83 bits per heavy atom. The summed E-state index contributed by atoms with van der Waals surface area (Å²) in [5.41, 5.74) is 2.51. The molecule has 1 aromatic carbocycles. The highest BCUT2D eigenvalue weighted by atomic mass is 32.1. The molecule has 0 spiro atoms. The van der Waals surface area contributed by atoms with Gasteiger partial charge in [-0.2, -0.15) is 4.73 Å². The number of carbonyl (C=O) groups is 1. The van der Waals surface area contributed by atoms with E-state index in [1.165, 1.54) is 30.7 Å². The van der Waals surface area contributed by atoms with Gasteiger partial charge in [-0.25, -0.2) is 4.98 Å². The molecular weight excluding hydrogens is 326 g/mol. The maximum absolute atomic E-state index is 11.3. The number of anilines is 1. The van der Waals surface area contributed by atoms with Crippen LogP contribution in [0.5, 0.6) is 5.75 Å². The van der Waals surface area contributed by atoms with E-state index in [9.17, 15) is 10.0 Å². The molecule has 0 radical (unpaired) electrons. The third-order valence-electron chi connectivity index (χ3n) is 3.34. The fourth-order valence-electron chi connectivity index (χ4n) is 2.23. The Hall–Kier alpha value is -2.93. The molecule has 7 heteroatoms. The van der Waals surface area contributed by atoms with Gasteiger partial charge in [0, 0.05) is 30.2 Å². The van der Waals surface area contributed by atoms with Gasteiger partial charge in [0.05, 0.1) is 17.7 Å². The number of benzene rings is 1. The maximum Gasteiger partial charge on any atom is 0.223 e. The van der Waals surface area contributed by atoms with Gasteiger partial charge in [-0.05, 0) is 24.3 Å². The molecule has 3 aromatic rings. The van der Waals surface area contributed by atoms with Crippen molar-refractivity contribution in [3.05, 3.63) is 54.0 Å². The highest BCUT2D eigenvalue weighted by Gasteiger charge is 2.16. The summed E-state index contributed by atoms with van der Waals surface area (Å²) in [6, 6.07) is 11.0. The topological polar surface area (TPSA) is 78.2 Å². The summed E-state index contributed by atoms with van der Waals surface area (Å²) in [7, 11) is 1.61. The maximum atomic E-state index is 11.3. The van der Waals surface area contributed by atoms with E-state index in [1.807, 2.05) is 24.3 Å². The second-order valence-electron chi connectivity index (χ2n) is 5.05. The van der Waals surface area contributed by atoms with Gasteiger partial charge in [0.1, 0.15) is 5.75 Å². The number of methoxy groups -OCH3 is 1. The minimum Gasteiger partial charge on any atom is -0.619 e. The molecule has 2 heterocycles. The Labute approximate surface area is 143 Å². The molecule has 24 heavy (non-hydrogen) atoms. The van der Waals surface area contributed by atoms with Crippen LogP contribution in [0.2, 0.25) is 0 Å². The van der Waals surface area contributed by atoms with Crippen LogP contribution < -0.4 is 14.8 Å². The summed E-state index contributed by atoms with van der Waals surface area (Å²) in [5.74, 6) is 0.576. The summed E-state index contributed by atoms with van der Waals surface area (Å²) < 4.78 is 5.91. The van der Waals surface area contributed by atoms with Gasteiger partial charge in [-0.3, -0.25) is 4.79 Å². The number of nitrogens with one attached hydrogen (secondary N) is 1. The van der Waals surface area contributed by atoms with Crippen molar-refractivity contribution in [3.63, 3.8) is 0 Å². The second kappa shape index (κ2) is 6.67. The lowest BCUT2D eigenvalue weighted by molar-refractivity contribution is -0.605.